The van der Waals surface area contributed by atoms with Crippen molar-refractivity contribution in [1.82, 2.24) is 19.4 Å². The number of carbonyl (C=O) groups excluding carboxylic acids is 1. The van der Waals surface area contributed by atoms with Crippen LogP contribution in [0, 0.1) is 11.3 Å². The molecule has 1 N–H and O–H groups in total. The molecule has 1 aliphatic heterocycles. The first-order valence-electron chi connectivity index (χ1n) is 11.1. The van der Waals surface area contributed by atoms with Gasteiger partial charge in [-0.2, -0.15) is 14.7 Å². The van der Waals surface area contributed by atoms with Crippen molar-refractivity contribution in [2.45, 2.75) is 24.7 Å². The molecule has 1 saturated heterocycles. The minimum absolute atomic E-state index is 0.0587. The van der Waals surface area contributed by atoms with E-state index in [9.17, 15) is 18.5 Å². The van der Waals surface area contributed by atoms with Crippen LogP contribution >= 0.6 is 0 Å². The SMILES string of the molecule is CCNC(=O)/C(C#N)=C\c1cn(-c2ccccc2)nc1-c1cccc(S(=O)(=O)N2CCCC2)c1. The molecule has 2 heterocycles. The summed E-state index contributed by atoms with van der Waals surface area (Å²) in [6.45, 7) is 3.20. The lowest BCUT2D eigenvalue weighted by Gasteiger charge is -2.16. The van der Waals surface area contributed by atoms with Gasteiger partial charge in [-0.1, -0.05) is 30.3 Å². The number of aromatic nitrogens is 2. The molecule has 1 aliphatic rings. The first kappa shape index (κ1) is 23.4. The molecule has 1 fully saturated rings. The number of nitrogens with zero attached hydrogens (tertiary/aromatic N) is 4. The average Bonchev–Trinajstić information content (AvgIpc) is 3.54. The van der Waals surface area contributed by atoms with Crippen LogP contribution in [0.5, 0.6) is 0 Å². The Morgan fingerprint density at radius 3 is 2.56 bits per heavy atom. The van der Waals surface area contributed by atoms with Crippen LogP contribution in [0.3, 0.4) is 0 Å². The summed E-state index contributed by atoms with van der Waals surface area (Å²) < 4.78 is 29.4. The molecule has 4 rings (SSSR count). The molecule has 0 unspecified atom stereocenters. The Labute approximate surface area is 199 Å². The number of likely N-dealkylation sites (N-methyl/N-ethyl adjacent to an activating group) is 1. The van der Waals surface area contributed by atoms with Crippen molar-refractivity contribution in [3.8, 4) is 23.0 Å². The van der Waals surface area contributed by atoms with E-state index in [1.165, 1.54) is 10.4 Å². The van der Waals surface area contributed by atoms with Gasteiger partial charge in [0.15, 0.2) is 0 Å². The lowest BCUT2D eigenvalue weighted by molar-refractivity contribution is -0.116. The van der Waals surface area contributed by atoms with Crippen LogP contribution < -0.4 is 5.32 Å². The fourth-order valence-electron chi connectivity index (χ4n) is 3.87. The number of nitrogens with one attached hydrogen (secondary N) is 1. The molecule has 0 aliphatic carbocycles. The maximum absolute atomic E-state index is 13.1. The number of para-hydroxylation sites is 1. The summed E-state index contributed by atoms with van der Waals surface area (Å²) in [5.41, 5.74) is 2.31. The summed E-state index contributed by atoms with van der Waals surface area (Å²) in [6.07, 6.45) is 4.91. The number of sulfonamides is 1. The third-order valence-corrected chi connectivity index (χ3v) is 7.47. The molecule has 0 radical (unpaired) electrons. The van der Waals surface area contributed by atoms with Crippen LogP contribution in [0.2, 0.25) is 0 Å². The van der Waals surface area contributed by atoms with E-state index in [0.29, 0.717) is 36.5 Å². The standard InChI is InChI=1S/C25H25N5O3S/c1-2-27-25(31)20(17-26)15-21-18-30(22-10-4-3-5-11-22)28-24(21)19-9-8-12-23(16-19)34(32,33)29-13-6-7-14-29/h3-5,8-12,15-16,18H,2,6-7,13-14H2,1H3,(H,27,31)/b20-15-. The number of benzene rings is 2. The molecule has 2 aromatic carbocycles. The highest BCUT2D eigenvalue weighted by molar-refractivity contribution is 7.89. The Kier molecular flexibility index (Phi) is 6.91. The maximum Gasteiger partial charge on any atom is 0.261 e. The molecular formula is C25H25N5O3S. The van der Waals surface area contributed by atoms with Gasteiger partial charge in [0.1, 0.15) is 17.3 Å². The van der Waals surface area contributed by atoms with Gasteiger partial charge in [0.2, 0.25) is 10.0 Å². The van der Waals surface area contributed by atoms with Crippen LogP contribution in [-0.2, 0) is 14.8 Å². The Bertz CT molecular complexity index is 1370. The fraction of sp³-hybridized carbons (Fsp3) is 0.240. The summed E-state index contributed by atoms with van der Waals surface area (Å²) in [6, 6.07) is 18.0. The first-order valence-corrected chi connectivity index (χ1v) is 12.5. The zero-order valence-electron chi connectivity index (χ0n) is 18.8. The molecule has 3 aromatic rings. The molecule has 0 bridgehead atoms. The average molecular weight is 476 g/mol. The van der Waals surface area contributed by atoms with Crippen LogP contribution in [0.1, 0.15) is 25.3 Å². The minimum atomic E-state index is -3.61. The molecule has 174 valence electrons. The maximum atomic E-state index is 13.1. The molecule has 1 amide bonds. The van der Waals surface area contributed by atoms with Crippen molar-refractivity contribution in [2.75, 3.05) is 19.6 Å². The van der Waals surface area contributed by atoms with Crippen LogP contribution in [0.4, 0.5) is 0 Å². The predicted octanol–water partition coefficient (Wildman–Crippen LogP) is 3.37. The zero-order valence-corrected chi connectivity index (χ0v) is 19.6. The predicted molar refractivity (Wildman–Crippen MR) is 129 cm³/mol. The number of rotatable bonds is 7. The van der Waals surface area contributed by atoms with Crippen LogP contribution in [0.15, 0.2) is 71.3 Å². The number of amides is 1. The van der Waals surface area contributed by atoms with Crippen molar-refractivity contribution >= 4 is 22.0 Å². The summed E-state index contributed by atoms with van der Waals surface area (Å²) >= 11 is 0. The van der Waals surface area contributed by atoms with Crippen molar-refractivity contribution in [3.63, 3.8) is 0 Å². The monoisotopic (exact) mass is 475 g/mol. The van der Waals surface area contributed by atoms with Gasteiger partial charge in [0.05, 0.1) is 10.6 Å². The Balaban J connectivity index is 1.83. The normalized spacial score (nSPS) is 14.6. The topological polar surface area (TPSA) is 108 Å². The summed E-state index contributed by atoms with van der Waals surface area (Å²) in [5.74, 6) is -0.478. The molecule has 0 spiro atoms. The van der Waals surface area contributed by atoms with E-state index >= 15 is 0 Å². The Hall–Kier alpha value is -3.74. The van der Waals surface area contributed by atoms with Gasteiger partial charge in [0.25, 0.3) is 5.91 Å². The van der Waals surface area contributed by atoms with Crippen molar-refractivity contribution in [2.24, 2.45) is 0 Å². The molecule has 0 atom stereocenters. The van der Waals surface area contributed by atoms with Gasteiger partial charge < -0.3 is 5.32 Å². The summed E-state index contributed by atoms with van der Waals surface area (Å²) in [4.78, 5) is 12.5. The van der Waals surface area contributed by atoms with Crippen LogP contribution in [-0.4, -0.2) is 48.0 Å². The third kappa shape index (κ3) is 4.78. The van der Waals surface area contributed by atoms with Gasteiger partial charge in [-0.15, -0.1) is 0 Å². The van der Waals surface area contributed by atoms with E-state index in [1.54, 1.807) is 42.1 Å². The molecule has 8 nitrogen and oxygen atoms in total. The van der Waals surface area contributed by atoms with Gasteiger partial charge in [-0.3, -0.25) is 4.79 Å². The fourth-order valence-corrected chi connectivity index (χ4v) is 5.44. The Morgan fingerprint density at radius 1 is 1.15 bits per heavy atom. The third-order valence-electron chi connectivity index (χ3n) is 5.58. The van der Waals surface area contributed by atoms with Gasteiger partial charge in [-0.05, 0) is 50.1 Å². The number of hydrogen-bond donors (Lipinski definition) is 1. The van der Waals surface area contributed by atoms with Gasteiger partial charge in [0, 0.05) is 37.0 Å². The summed E-state index contributed by atoms with van der Waals surface area (Å²) in [5, 5.41) is 16.9. The smallest absolute Gasteiger partial charge is 0.261 e. The van der Waals surface area contributed by atoms with E-state index in [0.717, 1.165) is 18.5 Å². The highest BCUT2D eigenvalue weighted by Gasteiger charge is 2.27. The number of nitriles is 1. The quantitative estimate of drug-likeness (QED) is 0.416. The molecule has 9 heteroatoms. The largest absolute Gasteiger partial charge is 0.352 e. The van der Waals surface area contributed by atoms with Gasteiger partial charge in [-0.25, -0.2) is 13.1 Å². The number of carbonyl (C=O) groups is 1. The highest BCUT2D eigenvalue weighted by Crippen LogP contribution is 2.29. The lowest BCUT2D eigenvalue weighted by atomic mass is 10.1. The van der Waals surface area contributed by atoms with Gasteiger partial charge >= 0.3 is 0 Å². The lowest BCUT2D eigenvalue weighted by Crippen LogP contribution is -2.27. The Morgan fingerprint density at radius 2 is 1.88 bits per heavy atom. The molecule has 34 heavy (non-hydrogen) atoms. The van der Waals surface area contributed by atoms with E-state index in [2.05, 4.69) is 10.4 Å². The van der Waals surface area contributed by atoms with E-state index in [1.807, 2.05) is 36.4 Å². The molecule has 1 aromatic heterocycles. The zero-order chi connectivity index (χ0) is 24.1. The van der Waals surface area contributed by atoms with E-state index in [-0.39, 0.29) is 10.5 Å². The van der Waals surface area contributed by atoms with Crippen molar-refractivity contribution in [1.29, 1.82) is 5.26 Å². The second kappa shape index (κ2) is 10.0. The van der Waals surface area contributed by atoms with E-state index in [4.69, 9.17) is 0 Å². The van der Waals surface area contributed by atoms with Crippen molar-refractivity contribution in [3.05, 3.63) is 71.9 Å². The van der Waals surface area contributed by atoms with E-state index < -0.39 is 15.9 Å². The molecule has 0 saturated carbocycles. The second-order valence-electron chi connectivity index (χ2n) is 7.88. The minimum Gasteiger partial charge on any atom is -0.352 e. The van der Waals surface area contributed by atoms with Crippen LogP contribution in [0.25, 0.3) is 23.0 Å². The second-order valence-corrected chi connectivity index (χ2v) is 9.82. The number of hydrogen-bond acceptors (Lipinski definition) is 5. The van der Waals surface area contributed by atoms with Crippen molar-refractivity contribution < 1.29 is 13.2 Å². The highest BCUT2D eigenvalue weighted by atomic mass is 32.2. The molecular weight excluding hydrogens is 450 g/mol. The summed E-state index contributed by atoms with van der Waals surface area (Å²) in [7, 11) is -3.61. The first-order chi connectivity index (χ1) is 16.4.